The molecule has 1 saturated heterocycles. The quantitative estimate of drug-likeness (QED) is 0.749. The number of nitrogens with zero attached hydrogens (tertiary/aromatic N) is 2. The van der Waals surface area contributed by atoms with E-state index in [1.165, 1.54) is 36.9 Å². The first-order chi connectivity index (χ1) is 12.7. The summed E-state index contributed by atoms with van der Waals surface area (Å²) < 4.78 is 0. The number of aromatic nitrogens is 2. The predicted molar refractivity (Wildman–Crippen MR) is 108 cm³/mol. The van der Waals surface area contributed by atoms with Crippen molar-refractivity contribution in [3.05, 3.63) is 58.4 Å². The normalized spacial score (nSPS) is 17.6. The van der Waals surface area contributed by atoms with E-state index in [4.69, 9.17) is 0 Å². The molecule has 134 valence electrons. The Balaban J connectivity index is 1.77. The second kappa shape index (κ2) is 6.94. The van der Waals surface area contributed by atoms with Crippen LogP contribution in [0.2, 0.25) is 0 Å². The summed E-state index contributed by atoms with van der Waals surface area (Å²) in [5.41, 5.74) is 4.33. The summed E-state index contributed by atoms with van der Waals surface area (Å²) >= 11 is 0. The Morgan fingerprint density at radius 3 is 2.73 bits per heavy atom. The van der Waals surface area contributed by atoms with E-state index in [-0.39, 0.29) is 5.56 Å². The van der Waals surface area contributed by atoms with Crippen molar-refractivity contribution in [2.45, 2.75) is 45.6 Å². The first-order valence-corrected chi connectivity index (χ1v) is 9.54. The lowest BCUT2D eigenvalue weighted by molar-refractivity contribution is 0.449. The molecule has 1 aromatic heterocycles. The van der Waals surface area contributed by atoms with Gasteiger partial charge in [0.05, 0.1) is 11.1 Å². The maximum absolute atomic E-state index is 12.0. The molecule has 0 amide bonds. The van der Waals surface area contributed by atoms with Gasteiger partial charge in [0.15, 0.2) is 0 Å². The maximum atomic E-state index is 12.0. The van der Waals surface area contributed by atoms with E-state index in [1.54, 1.807) is 0 Å². The van der Waals surface area contributed by atoms with Crippen LogP contribution in [0, 0.1) is 6.92 Å². The fourth-order valence-corrected chi connectivity index (χ4v) is 4.20. The lowest BCUT2D eigenvalue weighted by Gasteiger charge is -2.38. The number of fused-ring (bicyclic) bond motifs is 1. The van der Waals surface area contributed by atoms with Crippen molar-refractivity contribution in [1.29, 1.82) is 0 Å². The number of aromatic amines is 1. The third kappa shape index (κ3) is 2.90. The zero-order valence-electron chi connectivity index (χ0n) is 15.5. The molecule has 1 N–H and O–H groups in total. The van der Waals surface area contributed by atoms with E-state index in [2.05, 4.69) is 47.1 Å². The number of anilines is 1. The molecule has 1 atom stereocenters. The average molecular weight is 347 g/mol. The number of hydrogen-bond donors (Lipinski definition) is 1. The Morgan fingerprint density at radius 2 is 1.96 bits per heavy atom. The van der Waals surface area contributed by atoms with Crippen LogP contribution in [0.15, 0.2) is 47.3 Å². The molecule has 2 aromatic carbocycles. The van der Waals surface area contributed by atoms with Gasteiger partial charge in [0.2, 0.25) is 0 Å². The topological polar surface area (TPSA) is 49.0 Å². The van der Waals surface area contributed by atoms with Crippen LogP contribution in [0.25, 0.3) is 22.0 Å². The van der Waals surface area contributed by atoms with Gasteiger partial charge in [0.1, 0.15) is 0 Å². The summed E-state index contributed by atoms with van der Waals surface area (Å²) in [5, 5.41) is 8.56. The molecule has 2 heterocycles. The number of rotatable bonds is 3. The number of H-pyrrole nitrogens is 1. The Bertz CT molecular complexity index is 992. The predicted octanol–water partition coefficient (Wildman–Crippen LogP) is 4.67. The van der Waals surface area contributed by atoms with Crippen molar-refractivity contribution >= 4 is 16.5 Å². The van der Waals surface area contributed by atoms with Gasteiger partial charge in [-0.3, -0.25) is 4.79 Å². The minimum Gasteiger partial charge on any atom is -0.368 e. The molecule has 0 bridgehead atoms. The molecule has 3 aromatic rings. The number of aryl methyl sites for hydroxylation is 1. The fourth-order valence-electron chi connectivity index (χ4n) is 4.20. The van der Waals surface area contributed by atoms with E-state index < -0.39 is 0 Å². The van der Waals surface area contributed by atoms with E-state index in [0.717, 1.165) is 23.2 Å². The summed E-state index contributed by atoms with van der Waals surface area (Å²) in [6.07, 6.45) is 5.07. The Morgan fingerprint density at radius 1 is 1.15 bits per heavy atom. The summed E-state index contributed by atoms with van der Waals surface area (Å²) in [7, 11) is 0. The number of nitrogens with one attached hydrogen (secondary N) is 1. The zero-order valence-corrected chi connectivity index (χ0v) is 15.5. The van der Waals surface area contributed by atoms with Gasteiger partial charge in [-0.2, -0.15) is 5.10 Å². The Kier molecular flexibility index (Phi) is 4.49. The summed E-state index contributed by atoms with van der Waals surface area (Å²) in [5.74, 6) is 0. The van der Waals surface area contributed by atoms with Crippen LogP contribution in [0.4, 0.5) is 5.69 Å². The monoisotopic (exact) mass is 347 g/mol. The molecule has 4 rings (SSSR count). The number of piperidine rings is 1. The van der Waals surface area contributed by atoms with Crippen molar-refractivity contribution in [3.8, 4) is 11.3 Å². The van der Waals surface area contributed by atoms with Crippen LogP contribution in [-0.4, -0.2) is 22.8 Å². The van der Waals surface area contributed by atoms with Crippen molar-refractivity contribution < 1.29 is 0 Å². The lowest BCUT2D eigenvalue weighted by atomic mass is 9.96. The van der Waals surface area contributed by atoms with Crippen LogP contribution in [0.5, 0.6) is 0 Å². The SMILES string of the molecule is CCC1CCCCN1c1ccc(-c2n[nH]c(=O)c3ccccc23)cc1C. The third-order valence-corrected chi connectivity index (χ3v) is 5.57. The minimum absolute atomic E-state index is 0.142. The van der Waals surface area contributed by atoms with Crippen molar-refractivity contribution in [2.24, 2.45) is 0 Å². The Labute approximate surface area is 153 Å². The molecule has 0 aliphatic carbocycles. The molecule has 1 unspecified atom stereocenters. The van der Waals surface area contributed by atoms with Crippen LogP contribution in [-0.2, 0) is 0 Å². The summed E-state index contributed by atoms with van der Waals surface area (Å²) in [6.45, 7) is 5.59. The highest BCUT2D eigenvalue weighted by Crippen LogP contribution is 2.33. The molecule has 26 heavy (non-hydrogen) atoms. The fraction of sp³-hybridized carbons (Fsp3) is 0.364. The first-order valence-electron chi connectivity index (χ1n) is 9.54. The second-order valence-corrected chi connectivity index (χ2v) is 7.20. The lowest BCUT2D eigenvalue weighted by Crippen LogP contribution is -2.39. The largest absolute Gasteiger partial charge is 0.368 e. The molecular formula is C22H25N3O. The Hall–Kier alpha value is -2.62. The van der Waals surface area contributed by atoms with Gasteiger partial charge in [-0.05, 0) is 56.4 Å². The molecule has 1 aliphatic heterocycles. The van der Waals surface area contributed by atoms with Gasteiger partial charge in [-0.1, -0.05) is 31.2 Å². The van der Waals surface area contributed by atoms with E-state index >= 15 is 0 Å². The molecule has 0 saturated carbocycles. The van der Waals surface area contributed by atoms with Gasteiger partial charge in [-0.15, -0.1) is 0 Å². The molecule has 1 aliphatic rings. The smallest absolute Gasteiger partial charge is 0.272 e. The molecule has 4 nitrogen and oxygen atoms in total. The van der Waals surface area contributed by atoms with E-state index in [9.17, 15) is 4.79 Å². The molecule has 4 heteroatoms. The van der Waals surface area contributed by atoms with E-state index in [0.29, 0.717) is 11.4 Å². The first kappa shape index (κ1) is 16.8. The standard InChI is InChI=1S/C22H25N3O/c1-3-17-8-6-7-13-25(17)20-12-11-16(14-15(20)2)21-18-9-4-5-10-19(18)22(26)24-23-21/h4-5,9-12,14,17H,3,6-8,13H2,1-2H3,(H,24,26). The summed E-state index contributed by atoms with van der Waals surface area (Å²) in [6, 6.07) is 14.8. The van der Waals surface area contributed by atoms with Gasteiger partial charge in [0, 0.05) is 29.2 Å². The third-order valence-electron chi connectivity index (χ3n) is 5.57. The maximum Gasteiger partial charge on any atom is 0.272 e. The highest BCUT2D eigenvalue weighted by atomic mass is 16.1. The number of benzene rings is 2. The van der Waals surface area contributed by atoms with Crippen LogP contribution in [0.1, 0.15) is 38.2 Å². The summed E-state index contributed by atoms with van der Waals surface area (Å²) in [4.78, 5) is 14.6. The highest BCUT2D eigenvalue weighted by Gasteiger charge is 2.22. The van der Waals surface area contributed by atoms with Crippen LogP contribution >= 0.6 is 0 Å². The molecule has 1 fully saturated rings. The van der Waals surface area contributed by atoms with E-state index in [1.807, 2.05) is 24.3 Å². The molecule has 0 spiro atoms. The van der Waals surface area contributed by atoms with Crippen LogP contribution < -0.4 is 10.5 Å². The van der Waals surface area contributed by atoms with Crippen molar-refractivity contribution in [3.63, 3.8) is 0 Å². The average Bonchev–Trinajstić information content (AvgIpc) is 2.68. The van der Waals surface area contributed by atoms with Crippen molar-refractivity contribution in [1.82, 2.24) is 10.2 Å². The minimum atomic E-state index is -0.142. The van der Waals surface area contributed by atoms with Gasteiger partial charge in [-0.25, -0.2) is 5.10 Å². The van der Waals surface area contributed by atoms with Gasteiger partial charge >= 0.3 is 0 Å². The van der Waals surface area contributed by atoms with Crippen LogP contribution in [0.3, 0.4) is 0 Å². The van der Waals surface area contributed by atoms with Gasteiger partial charge in [0.25, 0.3) is 5.56 Å². The molecule has 0 radical (unpaired) electrons. The van der Waals surface area contributed by atoms with Gasteiger partial charge < -0.3 is 4.90 Å². The zero-order chi connectivity index (χ0) is 18.1. The highest BCUT2D eigenvalue weighted by molar-refractivity contribution is 5.94. The molecular weight excluding hydrogens is 322 g/mol. The van der Waals surface area contributed by atoms with Crippen molar-refractivity contribution in [2.75, 3.05) is 11.4 Å². The second-order valence-electron chi connectivity index (χ2n) is 7.20. The number of hydrogen-bond acceptors (Lipinski definition) is 3.